The average Bonchev–Trinajstić information content (AvgIpc) is 3.44. The molecule has 2 aliphatic rings. The summed E-state index contributed by atoms with van der Waals surface area (Å²) in [6.45, 7) is 4.58. The van der Waals surface area contributed by atoms with Crippen LogP contribution in [0.25, 0.3) is 0 Å². The van der Waals surface area contributed by atoms with Gasteiger partial charge in [-0.05, 0) is 57.0 Å². The van der Waals surface area contributed by atoms with E-state index < -0.39 is 5.41 Å². The van der Waals surface area contributed by atoms with Crippen LogP contribution in [0.2, 0.25) is 0 Å². The number of para-hydroxylation sites is 1. The van der Waals surface area contributed by atoms with E-state index in [-0.39, 0.29) is 11.8 Å². The first-order valence-corrected chi connectivity index (χ1v) is 13.0. The molecule has 1 saturated carbocycles. The Morgan fingerprint density at radius 3 is 2.55 bits per heavy atom. The monoisotopic (exact) mass is 514 g/mol. The number of fused-ring (bicyclic) bond motifs is 1. The van der Waals surface area contributed by atoms with Crippen LogP contribution in [-0.4, -0.2) is 48.5 Å². The first kappa shape index (κ1) is 25.5. The molecule has 3 aromatic rings. The zero-order valence-corrected chi connectivity index (χ0v) is 22.3. The average molecular weight is 515 g/mol. The van der Waals surface area contributed by atoms with Crippen LogP contribution >= 0.6 is 0 Å². The number of rotatable bonds is 6. The standard InChI is InChI=1S/C29H34N6O3/c1-29(2)18-35(21-12-8-9-13-21)25-23(34(3)27(29)37)17-30-28(33-25)32-22-15-14-19(16-24(22)38-4)26(36)31-20-10-6-5-7-11-20/h5-7,10-11,14-17,21H,8-9,12-13,18H2,1-4H3,(H,31,36)(H,30,32,33). The van der Waals surface area contributed by atoms with E-state index >= 15 is 0 Å². The van der Waals surface area contributed by atoms with E-state index in [4.69, 9.17) is 9.72 Å². The number of methoxy groups -OCH3 is 1. The van der Waals surface area contributed by atoms with Crippen molar-refractivity contribution in [1.29, 1.82) is 0 Å². The predicted molar refractivity (Wildman–Crippen MR) is 149 cm³/mol. The summed E-state index contributed by atoms with van der Waals surface area (Å²) in [5.41, 5.74) is 1.97. The minimum atomic E-state index is -0.551. The minimum absolute atomic E-state index is 0.0505. The Balaban J connectivity index is 1.44. The number of anilines is 5. The van der Waals surface area contributed by atoms with Gasteiger partial charge in [-0.3, -0.25) is 9.59 Å². The molecule has 1 fully saturated rings. The Bertz CT molecular complexity index is 1340. The number of carbonyl (C=O) groups is 2. The Kier molecular flexibility index (Phi) is 6.93. The molecule has 9 nitrogen and oxygen atoms in total. The molecule has 0 bridgehead atoms. The molecule has 1 aliphatic heterocycles. The molecule has 2 heterocycles. The van der Waals surface area contributed by atoms with Crippen molar-refractivity contribution in [2.75, 3.05) is 41.1 Å². The van der Waals surface area contributed by atoms with Crippen molar-refractivity contribution in [3.05, 3.63) is 60.3 Å². The minimum Gasteiger partial charge on any atom is -0.495 e. The molecule has 2 N–H and O–H groups in total. The molecule has 9 heteroatoms. The van der Waals surface area contributed by atoms with Crippen molar-refractivity contribution < 1.29 is 14.3 Å². The molecular formula is C29H34N6O3. The zero-order chi connectivity index (χ0) is 26.9. The van der Waals surface area contributed by atoms with E-state index in [1.54, 1.807) is 43.5 Å². The molecule has 2 amide bonds. The normalized spacial score (nSPS) is 17.1. The number of nitrogens with one attached hydrogen (secondary N) is 2. The lowest BCUT2D eigenvalue weighted by molar-refractivity contribution is -0.125. The highest BCUT2D eigenvalue weighted by molar-refractivity contribution is 6.05. The fraction of sp³-hybridized carbons (Fsp3) is 0.379. The number of ether oxygens (including phenoxy) is 1. The van der Waals surface area contributed by atoms with Crippen LogP contribution in [0.1, 0.15) is 49.9 Å². The van der Waals surface area contributed by atoms with Crippen LogP contribution in [0.3, 0.4) is 0 Å². The fourth-order valence-corrected chi connectivity index (χ4v) is 5.31. The van der Waals surface area contributed by atoms with E-state index in [1.807, 2.05) is 44.2 Å². The molecular weight excluding hydrogens is 480 g/mol. The lowest BCUT2D eigenvalue weighted by Gasteiger charge is -2.34. The first-order chi connectivity index (χ1) is 18.3. The maximum atomic E-state index is 13.2. The fourth-order valence-electron chi connectivity index (χ4n) is 5.31. The smallest absolute Gasteiger partial charge is 0.255 e. The summed E-state index contributed by atoms with van der Waals surface area (Å²) in [7, 11) is 3.35. The molecule has 0 spiro atoms. The summed E-state index contributed by atoms with van der Waals surface area (Å²) in [4.78, 5) is 39.4. The van der Waals surface area contributed by atoms with Gasteiger partial charge in [0.2, 0.25) is 11.9 Å². The summed E-state index contributed by atoms with van der Waals surface area (Å²) >= 11 is 0. The van der Waals surface area contributed by atoms with Crippen LogP contribution < -0.4 is 25.2 Å². The van der Waals surface area contributed by atoms with Gasteiger partial charge >= 0.3 is 0 Å². The third-order valence-corrected chi connectivity index (χ3v) is 7.34. The van der Waals surface area contributed by atoms with Gasteiger partial charge in [0.25, 0.3) is 5.91 Å². The third-order valence-electron chi connectivity index (χ3n) is 7.34. The second-order valence-electron chi connectivity index (χ2n) is 10.6. The Hall–Kier alpha value is -4.14. The molecule has 0 saturated heterocycles. The Morgan fingerprint density at radius 2 is 1.84 bits per heavy atom. The molecule has 2 aromatic carbocycles. The summed E-state index contributed by atoms with van der Waals surface area (Å²) in [6, 6.07) is 14.8. The van der Waals surface area contributed by atoms with Gasteiger partial charge in [0.05, 0.1) is 24.4 Å². The first-order valence-electron chi connectivity index (χ1n) is 13.0. The molecule has 198 valence electrons. The SMILES string of the molecule is COc1cc(C(=O)Nc2ccccc2)ccc1Nc1ncc2c(n1)N(C1CCCC1)CC(C)(C)C(=O)N2C. The van der Waals surface area contributed by atoms with Crippen molar-refractivity contribution in [3.63, 3.8) is 0 Å². The number of nitrogens with zero attached hydrogens (tertiary/aromatic N) is 4. The summed E-state index contributed by atoms with van der Waals surface area (Å²) in [5, 5.41) is 6.15. The predicted octanol–water partition coefficient (Wildman–Crippen LogP) is 5.23. The number of carbonyl (C=O) groups excluding carboxylic acids is 2. The number of benzene rings is 2. The molecule has 38 heavy (non-hydrogen) atoms. The highest BCUT2D eigenvalue weighted by Crippen LogP contribution is 2.40. The topological polar surface area (TPSA) is 99.7 Å². The largest absolute Gasteiger partial charge is 0.495 e. The molecule has 1 aromatic heterocycles. The lowest BCUT2D eigenvalue weighted by atomic mass is 9.91. The molecule has 5 rings (SSSR count). The Labute approximate surface area is 223 Å². The van der Waals surface area contributed by atoms with Crippen LogP contribution in [0, 0.1) is 5.41 Å². The van der Waals surface area contributed by atoms with Crippen molar-refractivity contribution in [1.82, 2.24) is 9.97 Å². The highest BCUT2D eigenvalue weighted by atomic mass is 16.5. The van der Waals surface area contributed by atoms with Gasteiger partial charge in [-0.15, -0.1) is 0 Å². The second kappa shape index (κ2) is 10.3. The summed E-state index contributed by atoms with van der Waals surface area (Å²) in [5.74, 6) is 1.46. The number of aromatic nitrogens is 2. The van der Waals surface area contributed by atoms with Gasteiger partial charge in [0.15, 0.2) is 5.82 Å². The van der Waals surface area contributed by atoms with Crippen molar-refractivity contribution in [2.45, 2.75) is 45.6 Å². The number of hydrogen-bond donors (Lipinski definition) is 2. The second-order valence-corrected chi connectivity index (χ2v) is 10.6. The summed E-state index contributed by atoms with van der Waals surface area (Å²) < 4.78 is 5.59. The Morgan fingerprint density at radius 1 is 1.11 bits per heavy atom. The van der Waals surface area contributed by atoms with E-state index in [9.17, 15) is 9.59 Å². The quantitative estimate of drug-likeness (QED) is 0.464. The molecule has 0 atom stereocenters. The van der Waals surface area contributed by atoms with E-state index in [0.717, 1.165) is 24.3 Å². The number of hydrogen-bond acceptors (Lipinski definition) is 7. The van der Waals surface area contributed by atoms with Crippen molar-refractivity contribution in [3.8, 4) is 5.75 Å². The van der Waals surface area contributed by atoms with Crippen LogP contribution in [0.15, 0.2) is 54.7 Å². The molecule has 1 aliphatic carbocycles. The maximum Gasteiger partial charge on any atom is 0.255 e. The van der Waals surface area contributed by atoms with E-state index in [0.29, 0.717) is 41.2 Å². The maximum absolute atomic E-state index is 13.2. The molecule has 0 unspecified atom stereocenters. The lowest BCUT2D eigenvalue weighted by Crippen LogP contribution is -2.45. The van der Waals surface area contributed by atoms with E-state index in [2.05, 4.69) is 20.5 Å². The van der Waals surface area contributed by atoms with Gasteiger partial charge in [0.1, 0.15) is 11.4 Å². The van der Waals surface area contributed by atoms with Crippen LogP contribution in [0.5, 0.6) is 5.75 Å². The molecule has 0 radical (unpaired) electrons. The highest BCUT2D eigenvalue weighted by Gasteiger charge is 2.41. The number of amides is 2. The van der Waals surface area contributed by atoms with Crippen molar-refractivity contribution >= 4 is 40.6 Å². The van der Waals surface area contributed by atoms with E-state index in [1.165, 1.54) is 12.8 Å². The van der Waals surface area contributed by atoms with Gasteiger partial charge < -0.3 is 25.2 Å². The third kappa shape index (κ3) is 5.01. The van der Waals surface area contributed by atoms with Gasteiger partial charge in [-0.25, -0.2) is 4.98 Å². The zero-order valence-electron chi connectivity index (χ0n) is 22.3. The van der Waals surface area contributed by atoms with Crippen molar-refractivity contribution in [2.24, 2.45) is 5.41 Å². The van der Waals surface area contributed by atoms with Gasteiger partial charge in [-0.2, -0.15) is 4.98 Å². The van der Waals surface area contributed by atoms with Gasteiger partial charge in [-0.1, -0.05) is 31.0 Å². The summed E-state index contributed by atoms with van der Waals surface area (Å²) in [6.07, 6.45) is 6.23. The van der Waals surface area contributed by atoms with Crippen LogP contribution in [-0.2, 0) is 4.79 Å². The van der Waals surface area contributed by atoms with Gasteiger partial charge in [0, 0.05) is 30.9 Å². The van der Waals surface area contributed by atoms with Crippen LogP contribution in [0.4, 0.5) is 28.8 Å².